The van der Waals surface area contributed by atoms with Gasteiger partial charge in [-0.15, -0.1) is 8.78 Å². The minimum absolute atomic E-state index is 0.0864. The predicted molar refractivity (Wildman–Crippen MR) is 105 cm³/mol. The third-order valence-electron chi connectivity index (χ3n) is 4.70. The number of hydrogen-bond donors (Lipinski definition) is 1. The van der Waals surface area contributed by atoms with Crippen LogP contribution in [0.4, 0.5) is 14.5 Å². The number of hydrogen-bond acceptors (Lipinski definition) is 5. The average Bonchev–Trinajstić information content (AvgIpc) is 3.12. The van der Waals surface area contributed by atoms with Gasteiger partial charge in [0.25, 0.3) is 5.91 Å². The lowest BCUT2D eigenvalue weighted by Crippen LogP contribution is -2.25. The van der Waals surface area contributed by atoms with Gasteiger partial charge in [0.2, 0.25) is 0 Å². The van der Waals surface area contributed by atoms with Gasteiger partial charge >= 0.3 is 6.29 Å². The number of amides is 1. The van der Waals surface area contributed by atoms with Gasteiger partial charge in [0.1, 0.15) is 11.6 Å². The van der Waals surface area contributed by atoms with Crippen LogP contribution in [0.25, 0.3) is 6.08 Å². The summed E-state index contributed by atoms with van der Waals surface area (Å²) in [6.07, 6.45) is -2.25. The molecule has 1 aromatic heterocycles. The molecular formula is C21H21F2N3O4. The van der Waals surface area contributed by atoms with E-state index < -0.39 is 12.2 Å². The molecule has 2 aromatic rings. The number of aryl methyl sites for hydroxylation is 1. The third-order valence-corrected chi connectivity index (χ3v) is 4.70. The number of nitrogens with one attached hydrogen (secondary N) is 1. The summed E-state index contributed by atoms with van der Waals surface area (Å²) in [6, 6.07) is 7.71. The van der Waals surface area contributed by atoms with Gasteiger partial charge in [-0.05, 0) is 50.6 Å². The van der Waals surface area contributed by atoms with Gasteiger partial charge in [-0.3, -0.25) is 4.79 Å². The Morgan fingerprint density at radius 3 is 2.70 bits per heavy atom. The van der Waals surface area contributed by atoms with Crippen molar-refractivity contribution in [2.24, 2.45) is 0 Å². The number of nitriles is 1. The summed E-state index contributed by atoms with van der Waals surface area (Å²) in [5.41, 5.74) is 2.66. The molecule has 1 amide bonds. The van der Waals surface area contributed by atoms with Crippen molar-refractivity contribution in [2.45, 2.75) is 33.1 Å². The molecule has 1 atom stereocenters. The molecule has 1 aliphatic heterocycles. The molecule has 7 nitrogen and oxygen atoms in total. The van der Waals surface area contributed by atoms with E-state index in [1.807, 2.05) is 32.9 Å². The van der Waals surface area contributed by atoms with Crippen LogP contribution in [0.15, 0.2) is 29.8 Å². The maximum atomic E-state index is 13.1. The third kappa shape index (κ3) is 4.28. The summed E-state index contributed by atoms with van der Waals surface area (Å²) < 4.78 is 42.3. The number of carbonyl (C=O) groups is 1. The summed E-state index contributed by atoms with van der Waals surface area (Å²) in [5, 5.41) is 12.0. The number of anilines is 1. The summed E-state index contributed by atoms with van der Waals surface area (Å²) in [5.74, 6) is -1.000. The van der Waals surface area contributed by atoms with Crippen molar-refractivity contribution < 1.29 is 27.8 Å². The van der Waals surface area contributed by atoms with E-state index in [0.717, 1.165) is 17.0 Å². The largest absolute Gasteiger partial charge is 0.586 e. The Morgan fingerprint density at radius 2 is 2.03 bits per heavy atom. The fraction of sp³-hybridized carbons (Fsp3) is 0.333. The van der Waals surface area contributed by atoms with E-state index in [0.29, 0.717) is 6.61 Å². The molecular weight excluding hydrogens is 396 g/mol. The first kappa shape index (κ1) is 21.3. The molecule has 1 aliphatic rings. The molecule has 0 radical (unpaired) electrons. The second kappa shape index (κ2) is 8.16. The van der Waals surface area contributed by atoms with Crippen LogP contribution in [0, 0.1) is 25.2 Å². The van der Waals surface area contributed by atoms with Gasteiger partial charge in [-0.2, -0.15) is 5.26 Å². The normalized spacial score (nSPS) is 15.6. The highest BCUT2D eigenvalue weighted by Crippen LogP contribution is 2.42. The number of fused-ring (bicyclic) bond motifs is 1. The number of nitrogens with zero attached hydrogens (tertiary/aromatic N) is 2. The second-order valence-electron chi connectivity index (χ2n) is 6.95. The first-order chi connectivity index (χ1) is 14.1. The smallest absolute Gasteiger partial charge is 0.395 e. The zero-order valence-electron chi connectivity index (χ0n) is 17.0. The van der Waals surface area contributed by atoms with E-state index in [2.05, 4.69) is 19.4 Å². The molecule has 0 bridgehead atoms. The van der Waals surface area contributed by atoms with Gasteiger partial charge in [0.05, 0.1) is 12.6 Å². The minimum Gasteiger partial charge on any atom is -0.395 e. The molecule has 1 aromatic carbocycles. The molecule has 3 rings (SSSR count). The van der Waals surface area contributed by atoms with Gasteiger partial charge in [-0.25, -0.2) is 0 Å². The zero-order valence-corrected chi connectivity index (χ0v) is 17.0. The Labute approximate surface area is 172 Å². The number of alkyl halides is 2. The van der Waals surface area contributed by atoms with Crippen LogP contribution in [-0.2, 0) is 9.53 Å². The Hall–Kier alpha value is -3.38. The fourth-order valence-corrected chi connectivity index (χ4v) is 3.47. The predicted octanol–water partition coefficient (Wildman–Crippen LogP) is 4.18. The molecule has 0 fully saturated rings. The molecule has 2 heterocycles. The van der Waals surface area contributed by atoms with E-state index in [1.165, 1.54) is 24.3 Å². The molecule has 0 unspecified atom stereocenters. The van der Waals surface area contributed by atoms with E-state index in [1.54, 1.807) is 7.11 Å². The van der Waals surface area contributed by atoms with Crippen LogP contribution in [0.2, 0.25) is 0 Å². The van der Waals surface area contributed by atoms with Crippen LogP contribution >= 0.6 is 0 Å². The van der Waals surface area contributed by atoms with Crippen molar-refractivity contribution in [3.8, 4) is 17.6 Å². The van der Waals surface area contributed by atoms with E-state index in [9.17, 15) is 18.8 Å². The van der Waals surface area contributed by atoms with Crippen molar-refractivity contribution >= 4 is 17.7 Å². The van der Waals surface area contributed by atoms with Gasteiger partial charge < -0.3 is 24.1 Å². The second-order valence-corrected chi connectivity index (χ2v) is 6.95. The number of methoxy groups -OCH3 is 1. The number of rotatable bonds is 6. The summed E-state index contributed by atoms with van der Waals surface area (Å²) in [4.78, 5) is 12.6. The molecule has 0 saturated carbocycles. The highest BCUT2D eigenvalue weighted by molar-refractivity contribution is 6.09. The van der Waals surface area contributed by atoms with Crippen molar-refractivity contribution in [3.63, 3.8) is 0 Å². The first-order valence-corrected chi connectivity index (χ1v) is 9.15. The lowest BCUT2D eigenvalue weighted by atomic mass is 10.1. The fourth-order valence-electron chi connectivity index (χ4n) is 3.47. The molecule has 30 heavy (non-hydrogen) atoms. The maximum Gasteiger partial charge on any atom is 0.586 e. The average molecular weight is 417 g/mol. The van der Waals surface area contributed by atoms with Crippen LogP contribution in [0.5, 0.6) is 11.5 Å². The summed E-state index contributed by atoms with van der Waals surface area (Å²) in [6.45, 7) is 6.37. The minimum atomic E-state index is -3.74. The highest BCUT2D eigenvalue weighted by Gasteiger charge is 2.43. The van der Waals surface area contributed by atoms with Gasteiger partial charge in [0, 0.05) is 30.3 Å². The quantitative estimate of drug-likeness (QED) is 0.563. The van der Waals surface area contributed by atoms with Gasteiger partial charge in [-0.1, -0.05) is 0 Å². The molecule has 0 aliphatic carbocycles. The Balaban J connectivity index is 1.82. The van der Waals surface area contributed by atoms with E-state index in [-0.39, 0.29) is 28.8 Å². The van der Waals surface area contributed by atoms with Gasteiger partial charge in [0.15, 0.2) is 11.5 Å². The van der Waals surface area contributed by atoms with E-state index >= 15 is 0 Å². The maximum absolute atomic E-state index is 13.1. The number of carbonyl (C=O) groups excluding carboxylic acids is 1. The van der Waals surface area contributed by atoms with Crippen molar-refractivity contribution in [2.75, 3.05) is 19.0 Å². The molecule has 0 spiro atoms. The van der Waals surface area contributed by atoms with Crippen molar-refractivity contribution in [1.82, 2.24) is 4.57 Å². The van der Waals surface area contributed by atoms with Crippen LogP contribution in [0.1, 0.15) is 29.9 Å². The molecule has 9 heteroatoms. The number of halogens is 2. The number of ether oxygens (including phenoxy) is 3. The van der Waals surface area contributed by atoms with Crippen LogP contribution in [0.3, 0.4) is 0 Å². The standard InChI is InChI=1S/C21H21F2N3O4/c1-12-7-15(14(3)26(12)13(2)11-28-4)8-16(10-24)20(27)25-17-5-6-18-19(9-17)30-21(22,23)29-18/h5-9,13H,11H2,1-4H3,(H,25,27)/b16-8-/t13-/m0/s1. The number of aromatic nitrogens is 1. The zero-order chi connectivity index (χ0) is 22.1. The Morgan fingerprint density at radius 1 is 1.33 bits per heavy atom. The molecule has 158 valence electrons. The van der Waals surface area contributed by atoms with Crippen molar-refractivity contribution in [1.29, 1.82) is 5.26 Å². The Kier molecular flexibility index (Phi) is 5.80. The van der Waals surface area contributed by atoms with Crippen LogP contribution in [-0.4, -0.2) is 30.5 Å². The molecule has 0 saturated heterocycles. The lowest BCUT2D eigenvalue weighted by molar-refractivity contribution is -0.286. The number of benzene rings is 1. The first-order valence-electron chi connectivity index (χ1n) is 9.15. The highest BCUT2D eigenvalue weighted by atomic mass is 19.3. The molecule has 1 N–H and O–H groups in total. The summed E-state index contributed by atoms with van der Waals surface area (Å²) in [7, 11) is 1.63. The Bertz CT molecular complexity index is 1050. The SMILES string of the molecule is COC[C@H](C)n1c(C)cc(/C=C(/C#N)C(=O)Nc2ccc3c(c2)OC(F)(F)O3)c1C. The van der Waals surface area contributed by atoms with Crippen molar-refractivity contribution in [3.05, 3.63) is 46.8 Å². The monoisotopic (exact) mass is 417 g/mol. The summed E-state index contributed by atoms with van der Waals surface area (Å²) >= 11 is 0. The van der Waals surface area contributed by atoms with E-state index in [4.69, 9.17) is 4.74 Å². The lowest BCUT2D eigenvalue weighted by Gasteiger charge is -2.17. The van der Waals surface area contributed by atoms with Crippen LogP contribution < -0.4 is 14.8 Å². The topological polar surface area (TPSA) is 85.5 Å².